The number of hydrogen-bond donors (Lipinski definition) is 0. The largest absolute Gasteiger partial charge is 0.373 e. The molecule has 11 heteroatoms. The van der Waals surface area contributed by atoms with Crippen LogP contribution >= 0.6 is 33.3 Å². The van der Waals surface area contributed by atoms with Crippen molar-refractivity contribution in [3.63, 3.8) is 0 Å². The van der Waals surface area contributed by atoms with Gasteiger partial charge in [-0.05, 0) is 16.0 Å². The maximum Gasteiger partial charge on any atom is 0.373 e. The van der Waals surface area contributed by atoms with Crippen molar-refractivity contribution < 1.29 is 22.1 Å². The minimum Gasteiger partial charge on any atom is -0.358 e. The topological polar surface area (TPSA) is 90.2 Å². The summed E-state index contributed by atoms with van der Waals surface area (Å²) in [6, 6.07) is 0.458. The first-order valence-corrected chi connectivity index (χ1v) is 7.11. The normalized spacial score (nSPS) is 11.8. The molecule has 0 aliphatic heterocycles. The molecule has 6 nitrogen and oxygen atoms in total. The zero-order valence-electron chi connectivity index (χ0n) is 7.60. The third kappa shape index (κ3) is 3.19. The van der Waals surface area contributed by atoms with E-state index < -0.39 is 36.7 Å². The van der Waals surface area contributed by atoms with Crippen molar-refractivity contribution in [2.24, 2.45) is 0 Å². The predicted molar refractivity (Wildman–Crippen MR) is 61.6 cm³/mol. The average molecular weight is 399 g/mol. The lowest BCUT2D eigenvalue weighted by Gasteiger charge is -2.03. The smallest absolute Gasteiger partial charge is 0.358 e. The summed E-state index contributed by atoms with van der Waals surface area (Å²) >= 11 is 1.36. The highest BCUT2D eigenvalue weighted by Crippen LogP contribution is 2.32. The van der Waals surface area contributed by atoms with Crippen molar-refractivity contribution in [1.29, 1.82) is 0 Å². The molecule has 0 saturated heterocycles. The van der Waals surface area contributed by atoms with Crippen molar-refractivity contribution in [3.8, 4) is 0 Å². The average Bonchev–Trinajstić information content (AvgIpc) is 2.14. The number of halogens is 4. The van der Waals surface area contributed by atoms with E-state index in [1.54, 1.807) is 0 Å². The fourth-order valence-electron chi connectivity index (χ4n) is 0.956. The summed E-state index contributed by atoms with van der Waals surface area (Å²) in [7, 11) is 0.699. The van der Waals surface area contributed by atoms with Gasteiger partial charge in [0.05, 0.1) is 0 Å². The van der Waals surface area contributed by atoms with Crippen LogP contribution in [0.4, 0.5) is 14.6 Å². The lowest BCUT2D eigenvalue weighted by molar-refractivity contribution is -0.391. The molecule has 1 aromatic heterocycles. The Morgan fingerprint density at radius 1 is 1.53 bits per heavy atom. The van der Waals surface area contributed by atoms with Gasteiger partial charge in [-0.1, -0.05) is 0 Å². The minimum atomic E-state index is -4.29. The number of rotatable bonds is 3. The van der Waals surface area contributed by atoms with Crippen LogP contribution in [0.1, 0.15) is 12.0 Å². The van der Waals surface area contributed by atoms with E-state index in [4.69, 9.17) is 10.7 Å². The maximum atomic E-state index is 12.5. The molecule has 0 aliphatic carbocycles. The van der Waals surface area contributed by atoms with Gasteiger partial charge in [-0.25, -0.2) is 17.2 Å². The Bertz CT molecular complexity index is 580. The van der Waals surface area contributed by atoms with Crippen LogP contribution in [0.2, 0.25) is 0 Å². The molecule has 0 radical (unpaired) electrons. The summed E-state index contributed by atoms with van der Waals surface area (Å²) in [4.78, 5) is 11.9. The summed E-state index contributed by atoms with van der Waals surface area (Å²) in [5.41, 5.74) is -1.09. The number of hydrogen-bond acceptors (Lipinski definition) is 5. The lowest BCUT2D eigenvalue weighted by Crippen LogP contribution is -2.05. The van der Waals surface area contributed by atoms with Gasteiger partial charge in [0.15, 0.2) is 0 Å². The first-order valence-electron chi connectivity index (χ1n) is 3.72. The van der Waals surface area contributed by atoms with Crippen LogP contribution in [0.5, 0.6) is 0 Å². The van der Waals surface area contributed by atoms with Crippen molar-refractivity contribution in [2.75, 3.05) is 0 Å². The highest BCUT2D eigenvalue weighted by atomic mass is 127. The first-order chi connectivity index (χ1) is 7.64. The standard InChI is InChI=1S/C6H2ClF2IN2O4S/c7-17(15,16)3-1-2(4(8)9)6(12(13)14)11-5(3)10/h1,4H. The van der Waals surface area contributed by atoms with E-state index in [9.17, 15) is 27.3 Å². The summed E-state index contributed by atoms with van der Waals surface area (Å²) in [6.45, 7) is 0. The van der Waals surface area contributed by atoms with E-state index in [0.29, 0.717) is 6.07 Å². The third-order valence-corrected chi connectivity index (χ3v) is 4.15. The van der Waals surface area contributed by atoms with Crippen LogP contribution in [0, 0.1) is 13.8 Å². The molecule has 0 fully saturated rings. The molecule has 0 atom stereocenters. The zero-order chi connectivity index (χ0) is 13.4. The second-order valence-electron chi connectivity index (χ2n) is 2.69. The van der Waals surface area contributed by atoms with Gasteiger partial charge in [-0.3, -0.25) is 0 Å². The molecule has 0 saturated carbocycles. The summed E-state index contributed by atoms with van der Waals surface area (Å²) in [6.07, 6.45) is -3.22. The number of nitrogens with zero attached hydrogens (tertiary/aromatic N) is 2. The predicted octanol–water partition coefficient (Wildman–Crippen LogP) is 2.46. The second-order valence-corrected chi connectivity index (χ2v) is 6.24. The van der Waals surface area contributed by atoms with Gasteiger partial charge in [0.1, 0.15) is 10.5 Å². The summed E-state index contributed by atoms with van der Waals surface area (Å²) in [5, 5.41) is 10.5. The van der Waals surface area contributed by atoms with E-state index in [-0.39, 0.29) is 3.70 Å². The van der Waals surface area contributed by atoms with Crippen LogP contribution in [-0.4, -0.2) is 18.3 Å². The molecule has 1 aromatic rings. The Hall–Kier alpha value is -0.620. The number of aromatic nitrogens is 1. The lowest BCUT2D eigenvalue weighted by atomic mass is 10.3. The van der Waals surface area contributed by atoms with Crippen LogP contribution in [0.25, 0.3) is 0 Å². The molecule has 0 spiro atoms. The molecular formula is C6H2ClF2IN2O4S. The molecule has 0 bridgehead atoms. The van der Waals surface area contributed by atoms with Gasteiger partial charge in [-0.15, -0.1) is 0 Å². The van der Waals surface area contributed by atoms with Crippen LogP contribution in [0.15, 0.2) is 11.0 Å². The minimum absolute atomic E-state index is 0.339. The quantitative estimate of drug-likeness (QED) is 0.256. The van der Waals surface area contributed by atoms with Gasteiger partial charge in [0, 0.05) is 33.3 Å². The molecule has 0 unspecified atom stereocenters. The monoisotopic (exact) mass is 398 g/mol. The molecular weight excluding hydrogens is 396 g/mol. The Kier molecular flexibility index (Phi) is 4.19. The Labute approximate surface area is 112 Å². The first kappa shape index (κ1) is 14.4. The van der Waals surface area contributed by atoms with Gasteiger partial charge >= 0.3 is 5.82 Å². The van der Waals surface area contributed by atoms with Crippen molar-refractivity contribution >= 4 is 48.1 Å². The molecule has 94 valence electrons. The second kappa shape index (κ2) is 4.94. The molecule has 0 aromatic carbocycles. The molecule has 1 heterocycles. The molecule has 17 heavy (non-hydrogen) atoms. The van der Waals surface area contributed by atoms with Gasteiger partial charge in [0.25, 0.3) is 15.5 Å². The highest BCUT2D eigenvalue weighted by Gasteiger charge is 2.30. The molecule has 0 N–H and O–H groups in total. The third-order valence-electron chi connectivity index (χ3n) is 1.62. The number of nitro groups is 1. The number of alkyl halides is 2. The molecule has 0 amide bonds. The Morgan fingerprint density at radius 3 is 2.41 bits per heavy atom. The van der Waals surface area contributed by atoms with E-state index in [2.05, 4.69) is 4.98 Å². The highest BCUT2D eigenvalue weighted by molar-refractivity contribution is 14.1. The Morgan fingerprint density at radius 2 is 2.06 bits per heavy atom. The summed E-state index contributed by atoms with van der Waals surface area (Å²) in [5.74, 6) is -1.09. The molecule has 0 aliphatic rings. The van der Waals surface area contributed by atoms with E-state index >= 15 is 0 Å². The van der Waals surface area contributed by atoms with Crippen molar-refractivity contribution in [2.45, 2.75) is 11.3 Å². The Balaban J connectivity index is 3.63. The van der Waals surface area contributed by atoms with E-state index in [1.165, 1.54) is 22.6 Å². The van der Waals surface area contributed by atoms with Crippen LogP contribution in [-0.2, 0) is 9.05 Å². The summed E-state index contributed by atoms with van der Waals surface area (Å²) < 4.78 is 46.7. The number of pyridine rings is 1. The van der Waals surface area contributed by atoms with Crippen LogP contribution in [0.3, 0.4) is 0 Å². The zero-order valence-corrected chi connectivity index (χ0v) is 11.3. The van der Waals surface area contributed by atoms with Gasteiger partial charge in [0.2, 0.25) is 3.70 Å². The van der Waals surface area contributed by atoms with Gasteiger partial charge in [-0.2, -0.15) is 0 Å². The van der Waals surface area contributed by atoms with Crippen LogP contribution < -0.4 is 0 Å². The fourth-order valence-corrected chi connectivity index (χ4v) is 3.47. The maximum absolute atomic E-state index is 12.5. The van der Waals surface area contributed by atoms with Crippen molar-refractivity contribution in [3.05, 3.63) is 25.4 Å². The van der Waals surface area contributed by atoms with Gasteiger partial charge < -0.3 is 10.1 Å². The van der Waals surface area contributed by atoms with Crippen molar-refractivity contribution in [1.82, 2.24) is 4.98 Å². The SMILES string of the molecule is O=[N+]([O-])c1nc(I)c(S(=O)(=O)Cl)cc1C(F)F. The van der Waals surface area contributed by atoms with E-state index in [1.807, 2.05) is 0 Å². The fraction of sp³-hybridized carbons (Fsp3) is 0.167. The molecule has 1 rings (SSSR count). The van der Waals surface area contributed by atoms with E-state index in [0.717, 1.165) is 0 Å².